The number of nitrogens with zero attached hydrogens (tertiary/aromatic N) is 1. The van der Waals surface area contributed by atoms with Gasteiger partial charge in [-0.2, -0.15) is 0 Å². The van der Waals surface area contributed by atoms with E-state index in [0.29, 0.717) is 29.5 Å². The van der Waals surface area contributed by atoms with Crippen LogP contribution in [-0.4, -0.2) is 41.9 Å². The van der Waals surface area contributed by atoms with Crippen LogP contribution in [0.5, 0.6) is 0 Å². The molecule has 1 heterocycles. The van der Waals surface area contributed by atoms with Gasteiger partial charge in [-0.3, -0.25) is 4.79 Å². The van der Waals surface area contributed by atoms with Gasteiger partial charge in [0.15, 0.2) is 0 Å². The van der Waals surface area contributed by atoms with Gasteiger partial charge in [0.2, 0.25) is 0 Å². The number of aliphatic hydroxyl groups is 1. The predicted octanol–water partition coefficient (Wildman–Crippen LogP) is 3.94. The van der Waals surface area contributed by atoms with Crippen LogP contribution in [0.25, 0.3) is 0 Å². The number of nitrogens with one attached hydrogen (secondary N) is 1. The number of Topliss-reactive ketones (excluding diaryl/α,β-unsaturated/α-hetero) is 1. The van der Waals surface area contributed by atoms with Crippen molar-refractivity contribution in [3.05, 3.63) is 0 Å². The summed E-state index contributed by atoms with van der Waals surface area (Å²) < 4.78 is 0. The van der Waals surface area contributed by atoms with Gasteiger partial charge in [0.25, 0.3) is 0 Å². The second kappa shape index (κ2) is 7.58. The van der Waals surface area contributed by atoms with E-state index in [9.17, 15) is 9.90 Å². The Bertz CT molecular complexity index is 717. The largest absolute Gasteiger partial charge is 0.393 e. The number of aliphatic hydroxyl groups excluding tert-OH is 1. The molecule has 5 aliphatic rings. The molecule has 0 aromatic heterocycles. The number of ketones is 1. The van der Waals surface area contributed by atoms with E-state index in [1.165, 1.54) is 5.71 Å². The molecule has 5 heteroatoms. The van der Waals surface area contributed by atoms with Gasteiger partial charge in [-0.15, -0.1) is 0 Å². The molecule has 0 aromatic rings. The van der Waals surface area contributed by atoms with Gasteiger partial charge in [-0.05, 0) is 80.6 Å². The normalized spacial score (nSPS) is 52.1. The van der Waals surface area contributed by atoms with E-state index in [-0.39, 0.29) is 29.0 Å². The van der Waals surface area contributed by atoms with Crippen LogP contribution in [0.4, 0.5) is 0 Å². The maximum absolute atomic E-state index is 12.7. The Morgan fingerprint density at radius 1 is 1.17 bits per heavy atom. The van der Waals surface area contributed by atoms with Crippen molar-refractivity contribution in [2.45, 2.75) is 90.8 Å². The van der Waals surface area contributed by atoms with Crippen molar-refractivity contribution in [3.8, 4) is 0 Å². The molecule has 2 unspecified atom stereocenters. The first-order valence-corrected chi connectivity index (χ1v) is 12.5. The zero-order valence-corrected chi connectivity index (χ0v) is 19.0. The minimum absolute atomic E-state index is 0.126. The van der Waals surface area contributed by atoms with E-state index >= 15 is 0 Å². The van der Waals surface area contributed by atoms with Gasteiger partial charge in [0, 0.05) is 30.7 Å². The van der Waals surface area contributed by atoms with Crippen molar-refractivity contribution in [1.29, 1.82) is 0 Å². The Hall–Kier alpha value is -0.940. The van der Waals surface area contributed by atoms with Crippen LogP contribution < -0.4 is 5.32 Å². The summed E-state index contributed by atoms with van der Waals surface area (Å²) in [5, 5.41) is 19.5. The maximum Gasteiger partial charge on any atom is 0.141 e. The van der Waals surface area contributed by atoms with E-state index < -0.39 is 0 Å². The second-order valence-electron chi connectivity index (χ2n) is 11.4. The smallest absolute Gasteiger partial charge is 0.141 e. The molecule has 4 aliphatic carbocycles. The standard InChI is InChI=1S/C25H40N2O3/c1-4-16-20(27-30-15-9-12-26-14-15)8-11-25(3)19-7-10-24(2)18(5-6-22(24)29)17(19)13-21(28)23(16)25/h15-19,21,23,26,28H,4-14H2,1-3H3/b27-20+/t15-,16+,17+,18+,19+,21?,23?,24+,25-/m1/s1. The molecule has 2 N–H and O–H groups in total. The lowest BCUT2D eigenvalue weighted by Crippen LogP contribution is -2.60. The summed E-state index contributed by atoms with van der Waals surface area (Å²) in [6, 6.07) is 0. The Morgan fingerprint density at radius 3 is 2.73 bits per heavy atom. The van der Waals surface area contributed by atoms with Crippen molar-refractivity contribution < 1.29 is 14.7 Å². The summed E-state index contributed by atoms with van der Waals surface area (Å²) in [6.45, 7) is 8.82. The average Bonchev–Trinajstić information content (AvgIpc) is 3.34. The summed E-state index contributed by atoms with van der Waals surface area (Å²) in [5.74, 6) is 2.67. The van der Waals surface area contributed by atoms with Gasteiger partial charge >= 0.3 is 0 Å². The highest BCUT2D eigenvalue weighted by Gasteiger charge is 2.63. The maximum atomic E-state index is 12.7. The lowest BCUT2D eigenvalue weighted by atomic mass is 9.43. The number of hydrogen-bond donors (Lipinski definition) is 2. The van der Waals surface area contributed by atoms with Crippen LogP contribution in [0.15, 0.2) is 5.16 Å². The zero-order chi connectivity index (χ0) is 21.1. The minimum Gasteiger partial charge on any atom is -0.393 e. The Balaban J connectivity index is 1.41. The molecule has 9 atom stereocenters. The molecule has 1 aliphatic heterocycles. The molecule has 5 fully saturated rings. The van der Waals surface area contributed by atoms with Crippen LogP contribution in [-0.2, 0) is 9.63 Å². The lowest BCUT2D eigenvalue weighted by Gasteiger charge is -2.62. The summed E-state index contributed by atoms with van der Waals surface area (Å²) in [7, 11) is 0. The average molecular weight is 417 g/mol. The fraction of sp³-hybridized carbons (Fsp3) is 0.920. The number of carbonyl (C=O) groups is 1. The molecule has 0 bridgehead atoms. The summed E-state index contributed by atoms with van der Waals surface area (Å²) >= 11 is 0. The molecule has 1 saturated heterocycles. The number of oxime groups is 1. The van der Waals surface area contributed by atoms with Crippen LogP contribution >= 0.6 is 0 Å². The second-order valence-corrected chi connectivity index (χ2v) is 11.4. The fourth-order valence-electron chi connectivity index (χ4n) is 8.65. The third-order valence-corrected chi connectivity index (χ3v) is 10.2. The van der Waals surface area contributed by atoms with Gasteiger partial charge in [-0.1, -0.05) is 25.9 Å². The van der Waals surface area contributed by atoms with E-state index in [1.54, 1.807) is 0 Å². The van der Waals surface area contributed by atoms with Crippen LogP contribution in [0, 0.1) is 40.4 Å². The van der Waals surface area contributed by atoms with Crippen LogP contribution in [0.1, 0.15) is 78.6 Å². The topological polar surface area (TPSA) is 70.9 Å². The van der Waals surface area contributed by atoms with E-state index in [4.69, 9.17) is 4.84 Å². The minimum atomic E-state index is -0.294. The van der Waals surface area contributed by atoms with Gasteiger partial charge in [-0.25, -0.2) is 0 Å². The Kier molecular flexibility index (Phi) is 5.29. The fourth-order valence-corrected chi connectivity index (χ4v) is 8.65. The molecular formula is C25H40N2O3. The van der Waals surface area contributed by atoms with Crippen molar-refractivity contribution in [2.24, 2.45) is 45.6 Å². The summed E-state index contributed by atoms with van der Waals surface area (Å²) in [4.78, 5) is 18.6. The zero-order valence-electron chi connectivity index (χ0n) is 19.0. The molecule has 0 amide bonds. The highest BCUT2D eigenvalue weighted by atomic mass is 16.6. The molecule has 5 rings (SSSR count). The van der Waals surface area contributed by atoms with Gasteiger partial charge < -0.3 is 15.3 Å². The van der Waals surface area contributed by atoms with Gasteiger partial charge in [0.1, 0.15) is 11.9 Å². The molecule has 5 nitrogen and oxygen atoms in total. The molecule has 0 spiro atoms. The van der Waals surface area contributed by atoms with E-state index in [2.05, 4.69) is 31.2 Å². The number of hydrogen-bond acceptors (Lipinski definition) is 5. The van der Waals surface area contributed by atoms with Crippen molar-refractivity contribution in [1.82, 2.24) is 5.32 Å². The quantitative estimate of drug-likeness (QED) is 0.684. The third kappa shape index (κ3) is 3.02. The SMILES string of the molecule is CC[C@H]1/C(=N/O[C@@H]2CCNC2)CC[C@@]2(C)C1C(O)C[C@@H]1[C@@H]2CC[C@]2(C)C(=O)CC[C@@H]12. The highest BCUT2D eigenvalue weighted by Crippen LogP contribution is 2.66. The highest BCUT2D eigenvalue weighted by molar-refractivity contribution is 5.88. The molecule has 0 radical (unpaired) electrons. The molecule has 168 valence electrons. The first kappa shape index (κ1) is 20.9. The molecule has 30 heavy (non-hydrogen) atoms. The third-order valence-electron chi connectivity index (χ3n) is 10.2. The summed E-state index contributed by atoms with van der Waals surface area (Å²) in [5.41, 5.74) is 1.20. The Morgan fingerprint density at radius 2 is 2.00 bits per heavy atom. The van der Waals surface area contributed by atoms with Crippen LogP contribution in [0.3, 0.4) is 0 Å². The number of rotatable bonds is 3. The molecular weight excluding hydrogens is 376 g/mol. The lowest BCUT2D eigenvalue weighted by molar-refractivity contribution is -0.161. The number of carbonyl (C=O) groups excluding carboxylic acids is 1. The first-order valence-electron chi connectivity index (χ1n) is 12.5. The van der Waals surface area contributed by atoms with Gasteiger partial charge in [0.05, 0.1) is 11.8 Å². The van der Waals surface area contributed by atoms with E-state index in [1.807, 2.05) is 0 Å². The summed E-state index contributed by atoms with van der Waals surface area (Å²) in [6.07, 6.45) is 8.88. The molecule has 4 saturated carbocycles. The first-order chi connectivity index (χ1) is 14.4. The van der Waals surface area contributed by atoms with Crippen molar-refractivity contribution >= 4 is 11.5 Å². The molecule has 0 aromatic carbocycles. The predicted molar refractivity (Wildman–Crippen MR) is 117 cm³/mol. The Labute approximate surface area is 181 Å². The van der Waals surface area contributed by atoms with Crippen molar-refractivity contribution in [2.75, 3.05) is 13.1 Å². The van der Waals surface area contributed by atoms with Crippen molar-refractivity contribution in [3.63, 3.8) is 0 Å². The number of fused-ring (bicyclic) bond motifs is 5. The van der Waals surface area contributed by atoms with Crippen LogP contribution in [0.2, 0.25) is 0 Å². The monoisotopic (exact) mass is 416 g/mol. The van der Waals surface area contributed by atoms with E-state index in [0.717, 1.165) is 70.9 Å².